The standard InChI is InChI=1S/C12H17BrN2O4S2/c1-9-10(7-11(13)20-9)21(18,19)15-4-2-3-14(5-6-15)8-12(16)17/h7H,2-6,8H2,1H3,(H,16,17). The van der Waals surface area contributed by atoms with Crippen molar-refractivity contribution >= 4 is 43.3 Å². The molecule has 1 N–H and O–H groups in total. The van der Waals surface area contributed by atoms with Gasteiger partial charge in [0.05, 0.1) is 15.2 Å². The van der Waals surface area contributed by atoms with E-state index < -0.39 is 16.0 Å². The summed E-state index contributed by atoms with van der Waals surface area (Å²) in [5, 5.41) is 8.82. The SMILES string of the molecule is Cc1sc(Br)cc1S(=O)(=O)N1CCCN(CC(=O)O)CC1. The van der Waals surface area contributed by atoms with Gasteiger partial charge in [-0.05, 0) is 35.3 Å². The van der Waals surface area contributed by atoms with Gasteiger partial charge >= 0.3 is 5.97 Å². The molecule has 1 aliphatic rings. The average molecular weight is 397 g/mol. The van der Waals surface area contributed by atoms with E-state index in [9.17, 15) is 13.2 Å². The number of hydrogen-bond acceptors (Lipinski definition) is 5. The highest BCUT2D eigenvalue weighted by atomic mass is 79.9. The summed E-state index contributed by atoms with van der Waals surface area (Å²) in [6.45, 7) is 3.53. The molecule has 0 spiro atoms. The topological polar surface area (TPSA) is 77.9 Å². The van der Waals surface area contributed by atoms with E-state index in [2.05, 4.69) is 15.9 Å². The fourth-order valence-electron chi connectivity index (χ4n) is 2.36. The molecular formula is C12H17BrN2O4S2. The summed E-state index contributed by atoms with van der Waals surface area (Å²) in [6.07, 6.45) is 0.636. The van der Waals surface area contributed by atoms with Gasteiger partial charge in [-0.25, -0.2) is 8.42 Å². The van der Waals surface area contributed by atoms with E-state index in [1.54, 1.807) is 17.9 Å². The normalized spacial score (nSPS) is 18.6. The van der Waals surface area contributed by atoms with Crippen LogP contribution in [0.25, 0.3) is 0 Å². The Morgan fingerprint density at radius 3 is 2.67 bits per heavy atom. The summed E-state index contributed by atoms with van der Waals surface area (Å²) >= 11 is 4.71. The van der Waals surface area contributed by atoms with Crippen LogP contribution >= 0.6 is 27.3 Å². The molecule has 1 fully saturated rings. The molecule has 0 amide bonds. The van der Waals surface area contributed by atoms with Gasteiger partial charge in [0.15, 0.2) is 0 Å². The molecular weight excluding hydrogens is 380 g/mol. The Balaban J connectivity index is 2.14. The number of aryl methyl sites for hydroxylation is 1. The maximum Gasteiger partial charge on any atom is 0.317 e. The smallest absolute Gasteiger partial charge is 0.317 e. The maximum absolute atomic E-state index is 12.7. The van der Waals surface area contributed by atoms with E-state index >= 15 is 0 Å². The zero-order chi connectivity index (χ0) is 15.6. The van der Waals surface area contributed by atoms with Crippen molar-refractivity contribution in [3.63, 3.8) is 0 Å². The molecule has 6 nitrogen and oxygen atoms in total. The Morgan fingerprint density at radius 1 is 1.38 bits per heavy atom. The quantitative estimate of drug-likeness (QED) is 0.835. The number of hydrogen-bond donors (Lipinski definition) is 1. The van der Waals surface area contributed by atoms with Crippen molar-refractivity contribution in [3.05, 3.63) is 14.7 Å². The first-order valence-corrected chi connectivity index (χ1v) is 9.56. The number of carboxylic acids is 1. The van der Waals surface area contributed by atoms with Crippen molar-refractivity contribution < 1.29 is 18.3 Å². The molecule has 0 aromatic carbocycles. The number of thiophene rings is 1. The Labute approximate surface area is 136 Å². The minimum Gasteiger partial charge on any atom is -0.480 e. The second-order valence-electron chi connectivity index (χ2n) is 4.90. The van der Waals surface area contributed by atoms with Gasteiger partial charge in [-0.1, -0.05) is 0 Å². The molecule has 0 atom stereocenters. The predicted molar refractivity (Wildman–Crippen MR) is 84.2 cm³/mol. The molecule has 21 heavy (non-hydrogen) atoms. The third-order valence-corrected chi connectivity index (χ3v) is 7.07. The zero-order valence-electron chi connectivity index (χ0n) is 11.6. The molecule has 0 aliphatic carbocycles. The zero-order valence-corrected chi connectivity index (χ0v) is 14.8. The Morgan fingerprint density at radius 2 is 2.10 bits per heavy atom. The molecule has 1 aliphatic heterocycles. The molecule has 0 unspecified atom stereocenters. The molecule has 118 valence electrons. The van der Waals surface area contributed by atoms with Gasteiger partial charge in [-0.15, -0.1) is 11.3 Å². The van der Waals surface area contributed by atoms with Crippen LogP contribution in [0, 0.1) is 6.92 Å². The summed E-state index contributed by atoms with van der Waals surface area (Å²) in [4.78, 5) is 13.6. The van der Waals surface area contributed by atoms with E-state index in [1.807, 2.05) is 0 Å². The number of carboxylic acid groups (broad SMARTS) is 1. The molecule has 1 aromatic heterocycles. The van der Waals surface area contributed by atoms with Crippen LogP contribution in [0.5, 0.6) is 0 Å². The largest absolute Gasteiger partial charge is 0.480 e. The van der Waals surface area contributed by atoms with Crippen molar-refractivity contribution in [2.75, 3.05) is 32.7 Å². The summed E-state index contributed by atoms with van der Waals surface area (Å²) in [5.41, 5.74) is 0. The molecule has 2 rings (SSSR count). The number of nitrogens with zero attached hydrogens (tertiary/aromatic N) is 2. The minimum atomic E-state index is -3.51. The van der Waals surface area contributed by atoms with E-state index in [4.69, 9.17) is 5.11 Å². The van der Waals surface area contributed by atoms with E-state index in [0.29, 0.717) is 37.5 Å². The van der Waals surface area contributed by atoms with Crippen molar-refractivity contribution in [1.29, 1.82) is 0 Å². The highest BCUT2D eigenvalue weighted by molar-refractivity contribution is 9.11. The molecule has 1 saturated heterocycles. The molecule has 9 heteroatoms. The lowest BCUT2D eigenvalue weighted by atomic mass is 10.4. The molecule has 0 radical (unpaired) electrons. The van der Waals surface area contributed by atoms with E-state index in [0.717, 1.165) is 8.66 Å². The van der Waals surface area contributed by atoms with Crippen LogP contribution in [0.2, 0.25) is 0 Å². The van der Waals surface area contributed by atoms with Gasteiger partial charge in [0.25, 0.3) is 0 Å². The number of carbonyl (C=O) groups is 1. The Bertz CT molecular complexity index is 629. The minimum absolute atomic E-state index is 0.0447. The van der Waals surface area contributed by atoms with Gasteiger partial charge in [0, 0.05) is 31.1 Å². The number of halogens is 1. The van der Waals surface area contributed by atoms with Crippen LogP contribution in [-0.4, -0.2) is 61.4 Å². The highest BCUT2D eigenvalue weighted by Crippen LogP contribution is 2.31. The van der Waals surface area contributed by atoms with Gasteiger partial charge < -0.3 is 5.11 Å². The number of rotatable bonds is 4. The van der Waals surface area contributed by atoms with Crippen LogP contribution in [-0.2, 0) is 14.8 Å². The van der Waals surface area contributed by atoms with Crippen LogP contribution in [0.4, 0.5) is 0 Å². The van der Waals surface area contributed by atoms with E-state index in [1.165, 1.54) is 15.6 Å². The lowest BCUT2D eigenvalue weighted by Crippen LogP contribution is -2.36. The van der Waals surface area contributed by atoms with Crippen molar-refractivity contribution in [2.45, 2.75) is 18.2 Å². The van der Waals surface area contributed by atoms with Crippen LogP contribution in [0.1, 0.15) is 11.3 Å². The third-order valence-electron chi connectivity index (χ3n) is 3.37. The monoisotopic (exact) mass is 396 g/mol. The molecule has 0 bridgehead atoms. The van der Waals surface area contributed by atoms with Gasteiger partial charge in [0.1, 0.15) is 0 Å². The van der Waals surface area contributed by atoms with Gasteiger partial charge in [-0.3, -0.25) is 9.69 Å². The van der Waals surface area contributed by atoms with Crippen LogP contribution in [0.3, 0.4) is 0 Å². The highest BCUT2D eigenvalue weighted by Gasteiger charge is 2.29. The lowest BCUT2D eigenvalue weighted by molar-refractivity contribution is -0.138. The summed E-state index contributed by atoms with van der Waals surface area (Å²) in [5.74, 6) is -0.885. The van der Waals surface area contributed by atoms with Gasteiger partial charge in [-0.2, -0.15) is 4.31 Å². The fourth-order valence-corrected chi connectivity index (χ4v) is 6.22. The number of sulfonamides is 1. The maximum atomic E-state index is 12.7. The second-order valence-corrected chi connectivity index (χ2v) is 9.44. The van der Waals surface area contributed by atoms with Crippen LogP contribution < -0.4 is 0 Å². The van der Waals surface area contributed by atoms with Crippen molar-refractivity contribution in [2.24, 2.45) is 0 Å². The Hall–Kier alpha value is -0.480. The first-order chi connectivity index (χ1) is 9.80. The Kier molecular flexibility index (Phi) is 5.42. The van der Waals surface area contributed by atoms with E-state index in [-0.39, 0.29) is 6.54 Å². The second kappa shape index (κ2) is 6.74. The van der Waals surface area contributed by atoms with Crippen LogP contribution in [0.15, 0.2) is 14.7 Å². The molecule has 0 saturated carbocycles. The third kappa shape index (κ3) is 4.04. The molecule has 2 heterocycles. The summed E-state index contributed by atoms with van der Waals surface area (Å²) in [7, 11) is -3.51. The number of aliphatic carboxylic acids is 1. The lowest BCUT2D eigenvalue weighted by Gasteiger charge is -2.20. The predicted octanol–water partition coefficient (Wildman–Crippen LogP) is 1.60. The van der Waals surface area contributed by atoms with Gasteiger partial charge in [0.2, 0.25) is 10.0 Å². The molecule has 1 aromatic rings. The summed E-state index contributed by atoms with van der Waals surface area (Å²) in [6, 6.07) is 1.63. The van der Waals surface area contributed by atoms with Crippen molar-refractivity contribution in [3.8, 4) is 0 Å². The first kappa shape index (κ1) is 16.9. The summed E-state index contributed by atoms with van der Waals surface area (Å²) < 4.78 is 27.6. The first-order valence-electron chi connectivity index (χ1n) is 6.51. The fraction of sp³-hybridized carbons (Fsp3) is 0.583. The average Bonchev–Trinajstić information content (AvgIpc) is 2.60. The van der Waals surface area contributed by atoms with Crippen molar-refractivity contribution in [1.82, 2.24) is 9.21 Å².